The molecular weight excluding hydrogens is 657 g/mol. The van der Waals surface area contributed by atoms with E-state index >= 15 is 4.39 Å². The number of rotatable bonds is 9. The molecule has 10 nitrogen and oxygen atoms in total. The second kappa shape index (κ2) is 13.1. The molecule has 1 N–H and O–H groups in total. The van der Waals surface area contributed by atoms with E-state index in [1.807, 2.05) is 0 Å². The molecule has 0 unspecified atom stereocenters. The van der Waals surface area contributed by atoms with E-state index in [1.54, 1.807) is 0 Å². The number of carbonyl (C=O) groups is 1. The Morgan fingerprint density at radius 1 is 0.896 bits per heavy atom. The molecular formula is C31H21F7N4O6. The zero-order valence-corrected chi connectivity index (χ0v) is 24.8. The lowest BCUT2D eigenvalue weighted by molar-refractivity contribution is -0.142. The number of nitrogens with one attached hydrogen (secondary N) is 1. The maximum Gasteiger partial charge on any atom is 0.431 e. The van der Waals surface area contributed by atoms with Gasteiger partial charge in [0.15, 0.2) is 34.6 Å². The third kappa shape index (κ3) is 6.65. The van der Waals surface area contributed by atoms with Gasteiger partial charge in [0.05, 0.1) is 37.8 Å². The van der Waals surface area contributed by atoms with Crippen molar-refractivity contribution >= 4 is 22.5 Å². The van der Waals surface area contributed by atoms with Crippen molar-refractivity contribution in [1.29, 1.82) is 0 Å². The largest absolute Gasteiger partial charge is 0.493 e. The normalized spacial score (nSPS) is 11.5. The van der Waals surface area contributed by atoms with Crippen molar-refractivity contribution in [3.8, 4) is 34.6 Å². The number of fused-ring (bicyclic) bond motifs is 1. The summed E-state index contributed by atoms with van der Waals surface area (Å²) in [5.41, 5.74) is -4.31. The maximum atomic E-state index is 15.2. The molecule has 3 heterocycles. The van der Waals surface area contributed by atoms with Gasteiger partial charge in [0.1, 0.15) is 11.3 Å². The van der Waals surface area contributed by atoms with Crippen LogP contribution in [0.25, 0.3) is 16.6 Å². The summed E-state index contributed by atoms with van der Waals surface area (Å²) < 4.78 is 117. The van der Waals surface area contributed by atoms with E-state index < -0.39 is 70.2 Å². The average Bonchev–Trinajstić information content (AvgIpc) is 3.02. The van der Waals surface area contributed by atoms with Gasteiger partial charge < -0.3 is 24.3 Å². The van der Waals surface area contributed by atoms with Crippen molar-refractivity contribution in [1.82, 2.24) is 14.5 Å². The summed E-state index contributed by atoms with van der Waals surface area (Å²) in [4.78, 5) is 33.9. The molecule has 0 saturated carbocycles. The van der Waals surface area contributed by atoms with Crippen molar-refractivity contribution in [2.75, 3.05) is 19.5 Å². The Bertz CT molecular complexity index is 2100. The topological polar surface area (TPSA) is 114 Å². The van der Waals surface area contributed by atoms with Crippen LogP contribution in [0.4, 0.5) is 36.4 Å². The predicted octanol–water partition coefficient (Wildman–Crippen LogP) is 7.05. The summed E-state index contributed by atoms with van der Waals surface area (Å²) in [5, 5.41) is 2.33. The van der Waals surface area contributed by atoms with Gasteiger partial charge in [-0.3, -0.25) is 19.1 Å². The van der Waals surface area contributed by atoms with E-state index in [4.69, 9.17) is 14.2 Å². The Morgan fingerprint density at radius 3 is 2.23 bits per heavy atom. The number of amides is 1. The molecule has 0 saturated heterocycles. The number of methoxy groups -OCH3 is 2. The first kappa shape index (κ1) is 33.5. The van der Waals surface area contributed by atoms with Crippen LogP contribution in [0.15, 0.2) is 65.7 Å². The van der Waals surface area contributed by atoms with Crippen LogP contribution in [-0.4, -0.2) is 41.3 Å². The summed E-state index contributed by atoms with van der Waals surface area (Å²) in [5.74, 6) is -4.23. The van der Waals surface area contributed by atoms with Crippen LogP contribution in [0, 0.1) is 18.6 Å². The highest BCUT2D eigenvalue weighted by molar-refractivity contribution is 6.04. The van der Waals surface area contributed by atoms with Crippen LogP contribution >= 0.6 is 0 Å². The van der Waals surface area contributed by atoms with Gasteiger partial charge in [0.25, 0.3) is 11.5 Å². The quantitative estimate of drug-likeness (QED) is 0.165. The highest BCUT2D eigenvalue weighted by atomic mass is 19.4. The zero-order chi connectivity index (χ0) is 34.9. The molecule has 5 rings (SSSR count). The van der Waals surface area contributed by atoms with E-state index in [0.29, 0.717) is 24.1 Å². The number of carbonyl (C=O) groups excluding carboxylic acids is 1. The van der Waals surface area contributed by atoms with Crippen molar-refractivity contribution in [2.45, 2.75) is 19.7 Å². The minimum atomic E-state index is -5.09. The first-order valence-electron chi connectivity index (χ1n) is 13.5. The second-order valence-electron chi connectivity index (χ2n) is 9.82. The minimum absolute atomic E-state index is 0.112. The number of halogens is 7. The summed E-state index contributed by atoms with van der Waals surface area (Å²) in [6, 6.07) is 7.78. The van der Waals surface area contributed by atoms with E-state index in [0.717, 1.165) is 30.5 Å². The van der Waals surface area contributed by atoms with Gasteiger partial charge in [-0.15, -0.1) is 0 Å². The number of hydrogen-bond donors (Lipinski definition) is 1. The fourth-order valence-corrected chi connectivity index (χ4v) is 4.63. The molecule has 0 aliphatic heterocycles. The van der Waals surface area contributed by atoms with Gasteiger partial charge in [-0.25, -0.2) is 13.8 Å². The van der Waals surface area contributed by atoms with Crippen molar-refractivity contribution in [3.63, 3.8) is 0 Å². The molecule has 5 aromatic rings. The van der Waals surface area contributed by atoms with Crippen LogP contribution in [0.3, 0.4) is 0 Å². The Balaban J connectivity index is 1.46. The van der Waals surface area contributed by atoms with Gasteiger partial charge in [-0.05, 0) is 42.8 Å². The SMILES string of the molecule is COc1cc2ncc(F)c(Oc3ccc(NC(=O)c4ccc(C(F)(F)F)n(-c5cnc(OC(F)F)cc5C)c4=O)cc3F)c2cc1OC. The van der Waals surface area contributed by atoms with Gasteiger partial charge in [0.2, 0.25) is 5.88 Å². The molecule has 17 heteroatoms. The lowest BCUT2D eigenvalue weighted by Gasteiger charge is -2.18. The molecule has 250 valence electrons. The molecule has 0 aliphatic carbocycles. The summed E-state index contributed by atoms with van der Waals surface area (Å²) in [6.45, 7) is -2.05. The number of aryl methyl sites for hydroxylation is 1. The van der Waals surface area contributed by atoms with Crippen LogP contribution in [0.1, 0.15) is 21.6 Å². The molecule has 2 aromatic carbocycles. The number of anilines is 1. The smallest absolute Gasteiger partial charge is 0.431 e. The van der Waals surface area contributed by atoms with Gasteiger partial charge in [-0.1, -0.05) is 0 Å². The highest BCUT2D eigenvalue weighted by Gasteiger charge is 2.36. The van der Waals surface area contributed by atoms with E-state index in [2.05, 4.69) is 20.0 Å². The lowest BCUT2D eigenvalue weighted by atomic mass is 10.1. The number of hydrogen-bond acceptors (Lipinski definition) is 8. The predicted molar refractivity (Wildman–Crippen MR) is 155 cm³/mol. The van der Waals surface area contributed by atoms with Crippen LogP contribution < -0.4 is 29.8 Å². The highest BCUT2D eigenvalue weighted by Crippen LogP contribution is 2.39. The Morgan fingerprint density at radius 2 is 1.60 bits per heavy atom. The lowest BCUT2D eigenvalue weighted by Crippen LogP contribution is -2.33. The molecule has 3 aromatic heterocycles. The Kier molecular flexibility index (Phi) is 9.13. The maximum absolute atomic E-state index is 15.2. The third-order valence-corrected chi connectivity index (χ3v) is 6.81. The summed E-state index contributed by atoms with van der Waals surface area (Å²) in [7, 11) is 2.74. The number of alkyl halides is 5. The van der Waals surface area contributed by atoms with Crippen LogP contribution in [0.2, 0.25) is 0 Å². The molecule has 48 heavy (non-hydrogen) atoms. The molecule has 0 atom stereocenters. The monoisotopic (exact) mass is 678 g/mol. The number of benzene rings is 2. The van der Waals surface area contributed by atoms with Gasteiger partial charge >= 0.3 is 12.8 Å². The molecule has 0 radical (unpaired) electrons. The summed E-state index contributed by atoms with van der Waals surface area (Å²) in [6.07, 6.45) is -3.52. The van der Waals surface area contributed by atoms with Crippen molar-refractivity contribution in [3.05, 3.63) is 99.7 Å². The van der Waals surface area contributed by atoms with E-state index in [1.165, 1.54) is 33.3 Å². The van der Waals surface area contributed by atoms with Crippen molar-refractivity contribution < 1.29 is 54.5 Å². The molecule has 0 aliphatic rings. The molecule has 0 spiro atoms. The fraction of sp³-hybridized carbons (Fsp3) is 0.161. The van der Waals surface area contributed by atoms with Gasteiger partial charge in [0, 0.05) is 29.3 Å². The van der Waals surface area contributed by atoms with Crippen molar-refractivity contribution in [2.24, 2.45) is 0 Å². The second-order valence-corrected chi connectivity index (χ2v) is 9.82. The first-order valence-corrected chi connectivity index (χ1v) is 13.5. The first-order chi connectivity index (χ1) is 22.7. The van der Waals surface area contributed by atoms with E-state index in [-0.39, 0.29) is 32.5 Å². The number of nitrogens with zero attached hydrogens (tertiary/aromatic N) is 3. The van der Waals surface area contributed by atoms with Crippen LogP contribution in [0.5, 0.6) is 28.9 Å². The Labute approximate surface area is 265 Å². The number of pyridine rings is 3. The van der Waals surface area contributed by atoms with E-state index in [9.17, 15) is 35.9 Å². The third-order valence-electron chi connectivity index (χ3n) is 6.81. The molecule has 1 amide bonds. The minimum Gasteiger partial charge on any atom is -0.493 e. The standard InChI is InChI=1S/C31H21F7N4O6/c1-14-8-26(48-30(34)35)40-13-21(14)42-25(31(36,37)38)7-5-16(29(42)44)28(43)41-15-4-6-22(18(32)9-15)47-27-17-10-23(45-2)24(46-3)11-20(17)39-12-19(27)33/h4-13,30H,1-3H3,(H,41,43). The molecule has 0 bridgehead atoms. The van der Waals surface area contributed by atoms with Crippen LogP contribution in [-0.2, 0) is 6.18 Å². The zero-order valence-electron chi connectivity index (χ0n) is 24.8. The number of aromatic nitrogens is 3. The molecule has 0 fully saturated rings. The summed E-state index contributed by atoms with van der Waals surface area (Å²) >= 11 is 0. The Hall–Kier alpha value is -5.87. The average molecular weight is 679 g/mol. The van der Waals surface area contributed by atoms with Gasteiger partial charge in [-0.2, -0.15) is 22.0 Å². The fourth-order valence-electron chi connectivity index (χ4n) is 4.63. The number of ether oxygens (including phenoxy) is 4.